The second-order valence-corrected chi connectivity index (χ2v) is 8.21. The summed E-state index contributed by atoms with van der Waals surface area (Å²) >= 11 is 1.52. The average molecular weight is 388 g/mol. The van der Waals surface area contributed by atoms with E-state index in [0.717, 1.165) is 36.0 Å². The highest BCUT2D eigenvalue weighted by Gasteiger charge is 2.52. The molecule has 2 aromatic rings. The first-order valence-electron chi connectivity index (χ1n) is 9.41. The predicted molar refractivity (Wildman–Crippen MR) is 104 cm³/mol. The standard InChI is InChI=1S/C19H24N4O3S/c24-8-6-20-18(26)19-5-1-2-7-23(19)11-14(10-19)22-17(25)13-3-4-15-16(9-13)27-12-21-15/h3-4,9,12,14,24H,1-2,5-8,10-11H2,(H,20,26)(H,22,25)/t14-,19-/m0/s1. The van der Waals surface area contributed by atoms with Gasteiger partial charge in [0, 0.05) is 24.7 Å². The highest BCUT2D eigenvalue weighted by molar-refractivity contribution is 7.16. The van der Waals surface area contributed by atoms with Crippen molar-refractivity contribution in [1.82, 2.24) is 20.5 Å². The molecule has 0 spiro atoms. The zero-order valence-corrected chi connectivity index (χ0v) is 15.9. The molecule has 2 aliphatic rings. The zero-order chi connectivity index (χ0) is 18.9. The number of nitrogens with one attached hydrogen (secondary N) is 2. The Hall–Kier alpha value is -2.03. The molecule has 1 aromatic carbocycles. The number of aliphatic hydroxyl groups is 1. The number of aliphatic hydroxyl groups excluding tert-OH is 1. The molecule has 4 rings (SSSR count). The molecule has 0 radical (unpaired) electrons. The van der Waals surface area contributed by atoms with Gasteiger partial charge in [-0.3, -0.25) is 14.5 Å². The number of carbonyl (C=O) groups excluding carboxylic acids is 2. The third kappa shape index (κ3) is 3.44. The summed E-state index contributed by atoms with van der Waals surface area (Å²) in [7, 11) is 0. The maximum atomic E-state index is 12.8. The van der Waals surface area contributed by atoms with Gasteiger partial charge in [-0.05, 0) is 50.4 Å². The molecule has 7 nitrogen and oxygen atoms in total. The lowest BCUT2D eigenvalue weighted by Crippen LogP contribution is -2.57. The first-order valence-corrected chi connectivity index (χ1v) is 10.3. The Morgan fingerprint density at radius 1 is 1.37 bits per heavy atom. The van der Waals surface area contributed by atoms with Crippen molar-refractivity contribution in [3.05, 3.63) is 29.3 Å². The minimum atomic E-state index is -0.563. The fourth-order valence-electron chi connectivity index (χ4n) is 4.37. The highest BCUT2D eigenvalue weighted by Crippen LogP contribution is 2.38. The molecule has 2 atom stereocenters. The molecule has 0 unspecified atom stereocenters. The number of hydrogen-bond donors (Lipinski definition) is 3. The van der Waals surface area contributed by atoms with Gasteiger partial charge < -0.3 is 15.7 Å². The number of aromatic nitrogens is 1. The maximum Gasteiger partial charge on any atom is 0.251 e. The molecule has 3 heterocycles. The fourth-order valence-corrected chi connectivity index (χ4v) is 5.09. The van der Waals surface area contributed by atoms with Crippen molar-refractivity contribution in [3.8, 4) is 0 Å². The van der Waals surface area contributed by atoms with Crippen LogP contribution in [0.25, 0.3) is 10.2 Å². The number of hydrogen-bond acceptors (Lipinski definition) is 6. The largest absolute Gasteiger partial charge is 0.395 e. The minimum Gasteiger partial charge on any atom is -0.395 e. The number of fused-ring (bicyclic) bond motifs is 2. The predicted octanol–water partition coefficient (Wildman–Crippen LogP) is 1.13. The van der Waals surface area contributed by atoms with E-state index in [2.05, 4.69) is 20.5 Å². The van der Waals surface area contributed by atoms with Crippen molar-refractivity contribution < 1.29 is 14.7 Å². The third-order valence-electron chi connectivity index (χ3n) is 5.65. The number of nitrogens with zero attached hydrogens (tertiary/aromatic N) is 2. The van der Waals surface area contributed by atoms with Gasteiger partial charge >= 0.3 is 0 Å². The summed E-state index contributed by atoms with van der Waals surface area (Å²) < 4.78 is 0.992. The second-order valence-electron chi connectivity index (χ2n) is 7.32. The van der Waals surface area contributed by atoms with Gasteiger partial charge in [0.25, 0.3) is 5.91 Å². The van der Waals surface area contributed by atoms with Gasteiger partial charge in [-0.2, -0.15) is 0 Å². The van der Waals surface area contributed by atoms with Crippen LogP contribution in [0.4, 0.5) is 0 Å². The van der Waals surface area contributed by atoms with Crippen LogP contribution in [0.15, 0.2) is 23.7 Å². The van der Waals surface area contributed by atoms with Gasteiger partial charge in [0.05, 0.1) is 22.3 Å². The summed E-state index contributed by atoms with van der Waals surface area (Å²) in [6.07, 6.45) is 3.48. The van der Waals surface area contributed by atoms with Crippen molar-refractivity contribution in [2.45, 2.75) is 37.3 Å². The summed E-state index contributed by atoms with van der Waals surface area (Å²) in [6, 6.07) is 5.47. The van der Waals surface area contributed by atoms with Crippen LogP contribution >= 0.6 is 11.3 Å². The Labute approximate surface area is 161 Å². The van der Waals surface area contributed by atoms with E-state index in [1.165, 1.54) is 11.3 Å². The summed E-state index contributed by atoms with van der Waals surface area (Å²) in [6.45, 7) is 1.75. The molecule has 2 fully saturated rings. The maximum absolute atomic E-state index is 12.8. The van der Waals surface area contributed by atoms with Crippen LogP contribution in [0, 0.1) is 0 Å². The van der Waals surface area contributed by atoms with Crippen molar-refractivity contribution in [2.24, 2.45) is 0 Å². The van der Waals surface area contributed by atoms with Gasteiger partial charge in [-0.25, -0.2) is 4.98 Å². The Morgan fingerprint density at radius 3 is 3.11 bits per heavy atom. The quantitative estimate of drug-likeness (QED) is 0.714. The van der Waals surface area contributed by atoms with Crippen LogP contribution in [-0.4, -0.2) is 64.6 Å². The summed E-state index contributed by atoms with van der Waals surface area (Å²) in [5, 5.41) is 15.0. The monoisotopic (exact) mass is 388 g/mol. The number of benzene rings is 1. The first-order chi connectivity index (χ1) is 13.1. The van der Waals surface area contributed by atoms with Crippen molar-refractivity contribution in [1.29, 1.82) is 0 Å². The highest BCUT2D eigenvalue weighted by atomic mass is 32.1. The minimum absolute atomic E-state index is 0.0286. The molecule has 3 N–H and O–H groups in total. The number of rotatable bonds is 5. The number of piperidine rings is 1. The average Bonchev–Trinajstić information content (AvgIpc) is 3.29. The van der Waals surface area contributed by atoms with E-state index < -0.39 is 5.54 Å². The van der Waals surface area contributed by atoms with Crippen molar-refractivity contribution in [3.63, 3.8) is 0 Å². The second kappa shape index (κ2) is 7.53. The normalized spacial score (nSPS) is 25.3. The topological polar surface area (TPSA) is 94.6 Å². The SMILES string of the molecule is O=C(N[C@@H]1CN2CCCC[C@@]2(C(=O)NCCO)C1)c1ccc2ncsc2c1. The molecule has 1 aromatic heterocycles. The lowest BCUT2D eigenvalue weighted by Gasteiger charge is -2.40. The molecule has 27 heavy (non-hydrogen) atoms. The molecular formula is C19H24N4O3S. The Kier molecular flexibility index (Phi) is 5.12. The lowest BCUT2D eigenvalue weighted by atomic mass is 9.84. The molecule has 0 bridgehead atoms. The van der Waals surface area contributed by atoms with E-state index in [0.29, 0.717) is 18.5 Å². The number of amides is 2. The zero-order valence-electron chi connectivity index (χ0n) is 15.1. The van der Waals surface area contributed by atoms with Crippen LogP contribution in [0.1, 0.15) is 36.0 Å². The summed E-state index contributed by atoms with van der Waals surface area (Å²) in [5.41, 5.74) is 2.73. The van der Waals surface area contributed by atoms with E-state index >= 15 is 0 Å². The van der Waals surface area contributed by atoms with Gasteiger partial charge in [0.1, 0.15) is 5.54 Å². The first kappa shape index (κ1) is 18.3. The van der Waals surface area contributed by atoms with Crippen LogP contribution < -0.4 is 10.6 Å². The van der Waals surface area contributed by atoms with E-state index in [9.17, 15) is 9.59 Å². The summed E-state index contributed by atoms with van der Waals surface area (Å²) in [5.74, 6) is -0.139. The van der Waals surface area contributed by atoms with Gasteiger partial charge in [-0.1, -0.05) is 0 Å². The molecule has 2 saturated heterocycles. The molecule has 2 amide bonds. The van der Waals surface area contributed by atoms with Crippen LogP contribution in [0.5, 0.6) is 0 Å². The Balaban J connectivity index is 1.48. The van der Waals surface area contributed by atoms with Crippen LogP contribution in [0.3, 0.4) is 0 Å². The third-order valence-corrected chi connectivity index (χ3v) is 6.44. The van der Waals surface area contributed by atoms with E-state index in [4.69, 9.17) is 5.11 Å². The molecule has 8 heteroatoms. The smallest absolute Gasteiger partial charge is 0.251 e. The van der Waals surface area contributed by atoms with Crippen LogP contribution in [-0.2, 0) is 4.79 Å². The van der Waals surface area contributed by atoms with Gasteiger partial charge in [0.2, 0.25) is 5.91 Å². The van der Waals surface area contributed by atoms with Crippen molar-refractivity contribution >= 4 is 33.4 Å². The molecule has 144 valence electrons. The Bertz CT molecular complexity index is 854. The number of thiazole rings is 1. The van der Waals surface area contributed by atoms with Gasteiger partial charge in [0.15, 0.2) is 0 Å². The van der Waals surface area contributed by atoms with Crippen LogP contribution in [0.2, 0.25) is 0 Å². The van der Waals surface area contributed by atoms with E-state index in [1.807, 2.05) is 12.1 Å². The molecule has 0 saturated carbocycles. The summed E-state index contributed by atoms with van der Waals surface area (Å²) in [4.78, 5) is 32.0. The molecule has 2 aliphatic heterocycles. The fraction of sp³-hybridized carbons (Fsp3) is 0.526. The van der Waals surface area contributed by atoms with E-state index in [-0.39, 0.29) is 31.0 Å². The molecule has 0 aliphatic carbocycles. The molecular weight excluding hydrogens is 364 g/mol. The van der Waals surface area contributed by atoms with E-state index in [1.54, 1.807) is 11.6 Å². The van der Waals surface area contributed by atoms with Crippen molar-refractivity contribution in [2.75, 3.05) is 26.2 Å². The van der Waals surface area contributed by atoms with Gasteiger partial charge in [-0.15, -0.1) is 11.3 Å². The number of carbonyl (C=O) groups is 2. The Morgan fingerprint density at radius 2 is 2.26 bits per heavy atom. The lowest BCUT2D eigenvalue weighted by molar-refractivity contribution is -0.134.